The summed E-state index contributed by atoms with van der Waals surface area (Å²) < 4.78 is 65.1. The van der Waals surface area contributed by atoms with Gasteiger partial charge in [-0.2, -0.15) is 13.2 Å². The quantitative estimate of drug-likeness (QED) is 0.200. The van der Waals surface area contributed by atoms with E-state index in [0.717, 1.165) is 26.4 Å². The van der Waals surface area contributed by atoms with E-state index in [-0.39, 0.29) is 46.5 Å². The predicted octanol–water partition coefficient (Wildman–Crippen LogP) is 6.43. The van der Waals surface area contributed by atoms with Gasteiger partial charge in [-0.25, -0.2) is 9.59 Å². The number of esters is 1. The molecule has 2 atom stereocenters. The van der Waals surface area contributed by atoms with Crippen molar-refractivity contribution in [3.05, 3.63) is 82.4 Å². The molecule has 0 aliphatic carbocycles. The van der Waals surface area contributed by atoms with E-state index >= 15 is 0 Å². The third-order valence-electron chi connectivity index (χ3n) is 6.70. The number of carbonyl (C=O) groups is 2. The molecule has 0 saturated carbocycles. The van der Waals surface area contributed by atoms with Gasteiger partial charge in [0.05, 0.1) is 13.7 Å². The fourth-order valence-electron chi connectivity index (χ4n) is 4.78. The van der Waals surface area contributed by atoms with Crippen molar-refractivity contribution in [1.82, 2.24) is 0 Å². The van der Waals surface area contributed by atoms with Crippen molar-refractivity contribution in [2.75, 3.05) is 14.2 Å². The molecule has 0 aliphatic rings. The maximum Gasteiger partial charge on any atom is 0.432 e. The number of aryl methyl sites for hydroxylation is 1. The van der Waals surface area contributed by atoms with Gasteiger partial charge in [-0.15, -0.1) is 0 Å². The highest BCUT2D eigenvalue weighted by molar-refractivity contribution is 5.95. The molecule has 3 rings (SSSR count). The van der Waals surface area contributed by atoms with Crippen LogP contribution in [0.25, 0.3) is 0 Å². The highest BCUT2D eigenvalue weighted by Crippen LogP contribution is 2.47. The topological polar surface area (TPSA) is 132 Å². The molecule has 3 N–H and O–H groups in total. The van der Waals surface area contributed by atoms with Crippen LogP contribution >= 0.6 is 0 Å². The van der Waals surface area contributed by atoms with Crippen LogP contribution < -0.4 is 9.47 Å². The molecule has 9 nitrogen and oxygen atoms in total. The number of hydrogen-bond donors (Lipinski definition) is 3. The minimum Gasteiger partial charge on any atom is -0.504 e. The average Bonchev–Trinajstić information content (AvgIpc) is 2.93. The minimum atomic E-state index is -5.23. The monoisotopic (exact) mass is 606 g/mol. The summed E-state index contributed by atoms with van der Waals surface area (Å²) in [4.78, 5) is 25.9. The molecule has 3 aromatic rings. The molecule has 0 saturated heterocycles. The number of carbonyl (C=O) groups excluding carboxylic acids is 1. The summed E-state index contributed by atoms with van der Waals surface area (Å²) in [6, 6.07) is 11.7. The number of carboxylic acid groups (broad SMARTS) is 1. The zero-order valence-electron chi connectivity index (χ0n) is 24.2. The number of ether oxygens (including phenoxy) is 4. The Hall–Kier alpha value is -4.29. The van der Waals surface area contributed by atoms with Crippen LogP contribution in [0.4, 0.5) is 13.2 Å². The van der Waals surface area contributed by atoms with Gasteiger partial charge in [0.25, 0.3) is 5.60 Å². The molecule has 0 unspecified atom stereocenters. The Balaban J connectivity index is 2.17. The minimum absolute atomic E-state index is 0.0127. The van der Waals surface area contributed by atoms with Crippen molar-refractivity contribution < 1.29 is 57.0 Å². The number of halogens is 3. The number of rotatable bonds is 12. The lowest BCUT2D eigenvalue weighted by Crippen LogP contribution is -2.52. The van der Waals surface area contributed by atoms with Gasteiger partial charge in [-0.3, -0.25) is 0 Å². The van der Waals surface area contributed by atoms with E-state index in [1.165, 1.54) is 42.5 Å². The number of phenols is 1. The largest absolute Gasteiger partial charge is 0.504 e. The summed E-state index contributed by atoms with van der Waals surface area (Å²) in [5, 5.41) is 30.3. The molecule has 0 amide bonds. The van der Waals surface area contributed by atoms with Crippen LogP contribution in [0.5, 0.6) is 23.0 Å². The maximum atomic E-state index is 14.5. The van der Waals surface area contributed by atoms with Crippen molar-refractivity contribution in [2.24, 2.45) is 5.92 Å². The third-order valence-corrected chi connectivity index (χ3v) is 6.70. The fraction of sp³-hybridized carbons (Fsp3) is 0.355. The van der Waals surface area contributed by atoms with Crippen molar-refractivity contribution in [2.45, 2.75) is 51.7 Å². The van der Waals surface area contributed by atoms with Gasteiger partial charge in [0.15, 0.2) is 11.5 Å². The van der Waals surface area contributed by atoms with Gasteiger partial charge in [0, 0.05) is 23.8 Å². The normalized spacial score (nSPS) is 13.7. The molecule has 0 heterocycles. The fourth-order valence-corrected chi connectivity index (χ4v) is 4.78. The second kappa shape index (κ2) is 13.3. The number of alkyl halides is 3. The first kappa shape index (κ1) is 33.2. The molecular weight excluding hydrogens is 573 g/mol. The Bertz CT molecular complexity index is 1460. The number of phenolic OH excluding ortho intramolecular Hbond substituents is 1. The average molecular weight is 607 g/mol. The number of benzene rings is 3. The zero-order chi connectivity index (χ0) is 32.1. The van der Waals surface area contributed by atoms with Gasteiger partial charge in [0.2, 0.25) is 0 Å². The molecule has 0 aliphatic heterocycles. The van der Waals surface area contributed by atoms with E-state index in [4.69, 9.17) is 18.9 Å². The van der Waals surface area contributed by atoms with Crippen LogP contribution in [-0.2, 0) is 26.5 Å². The summed E-state index contributed by atoms with van der Waals surface area (Å²) in [5.74, 6) is -4.73. The molecule has 0 bridgehead atoms. The Kier molecular flexibility index (Phi) is 10.3. The van der Waals surface area contributed by atoms with E-state index in [1.54, 1.807) is 20.8 Å². The van der Waals surface area contributed by atoms with Crippen molar-refractivity contribution in [3.8, 4) is 23.0 Å². The van der Waals surface area contributed by atoms with Crippen LogP contribution in [0.1, 0.15) is 59.0 Å². The molecule has 3 aromatic carbocycles. The Labute approximate surface area is 246 Å². The third kappa shape index (κ3) is 6.70. The summed E-state index contributed by atoms with van der Waals surface area (Å²) in [5.41, 5.74) is -3.78. The Morgan fingerprint density at radius 2 is 1.63 bits per heavy atom. The molecule has 0 aromatic heterocycles. The molecule has 43 heavy (non-hydrogen) atoms. The van der Waals surface area contributed by atoms with Crippen molar-refractivity contribution in [1.29, 1.82) is 0 Å². The lowest BCUT2D eigenvalue weighted by atomic mass is 9.91. The van der Waals surface area contributed by atoms with Crippen LogP contribution in [0, 0.1) is 12.8 Å². The number of hydrogen-bond acceptors (Lipinski definition) is 8. The number of aromatic hydroxyl groups is 1. The van der Waals surface area contributed by atoms with Gasteiger partial charge in [-0.05, 0) is 49.1 Å². The number of methoxy groups -OCH3 is 2. The standard InChI is InChI=1S/C31H33F3O9/c1-17(2)13-24(43-29(39)30(41-5,31(32,33)34)20-9-7-6-8-10-20)21-11-12-23(25(28(37)38)27(21)40-4)42-26-19(16-35)14-18(3)15-22(26)36/h6-12,14-15,17,24,35-36H,13,16H2,1-5H3,(H,37,38)/t24-,30+/m0/s1. The van der Waals surface area contributed by atoms with Crippen LogP contribution in [0.15, 0.2) is 54.6 Å². The molecule has 12 heteroatoms. The second-order valence-electron chi connectivity index (χ2n) is 10.2. The number of aliphatic hydroxyl groups excluding tert-OH is 1. The summed E-state index contributed by atoms with van der Waals surface area (Å²) in [6.45, 7) is 4.62. The summed E-state index contributed by atoms with van der Waals surface area (Å²) in [7, 11) is 1.89. The van der Waals surface area contributed by atoms with Gasteiger partial charge in [0.1, 0.15) is 23.2 Å². The number of aromatic carboxylic acids is 1. The molecule has 0 spiro atoms. The van der Waals surface area contributed by atoms with Crippen LogP contribution in [-0.4, -0.2) is 47.7 Å². The lowest BCUT2D eigenvalue weighted by Gasteiger charge is -2.34. The molecule has 232 valence electrons. The first-order chi connectivity index (χ1) is 20.2. The Morgan fingerprint density at radius 3 is 2.14 bits per heavy atom. The van der Waals surface area contributed by atoms with Gasteiger partial charge in [-0.1, -0.05) is 44.2 Å². The summed E-state index contributed by atoms with van der Waals surface area (Å²) in [6.07, 6.45) is -6.64. The number of aliphatic hydroxyl groups is 1. The van der Waals surface area contributed by atoms with Gasteiger partial charge >= 0.3 is 18.1 Å². The van der Waals surface area contributed by atoms with Crippen molar-refractivity contribution in [3.63, 3.8) is 0 Å². The number of carboxylic acids is 1. The van der Waals surface area contributed by atoms with E-state index in [1.807, 2.05) is 0 Å². The van der Waals surface area contributed by atoms with E-state index in [0.29, 0.717) is 5.56 Å². The summed E-state index contributed by atoms with van der Waals surface area (Å²) >= 11 is 0. The molecule has 0 fully saturated rings. The van der Waals surface area contributed by atoms with Crippen LogP contribution in [0.2, 0.25) is 0 Å². The van der Waals surface area contributed by atoms with E-state index in [2.05, 4.69) is 0 Å². The predicted molar refractivity (Wildman–Crippen MR) is 148 cm³/mol. The van der Waals surface area contributed by atoms with Crippen molar-refractivity contribution >= 4 is 11.9 Å². The van der Waals surface area contributed by atoms with Gasteiger partial charge < -0.3 is 34.3 Å². The van der Waals surface area contributed by atoms with E-state index in [9.17, 15) is 38.1 Å². The molecule has 0 radical (unpaired) electrons. The first-order valence-corrected chi connectivity index (χ1v) is 13.2. The molecular formula is C31H33F3O9. The highest BCUT2D eigenvalue weighted by Gasteiger charge is 2.64. The smallest absolute Gasteiger partial charge is 0.432 e. The SMILES string of the molecule is COc1c([C@H](CC(C)C)OC(=O)[C@](OC)(c2ccccc2)C(F)(F)F)ccc(Oc2c(O)cc(C)cc2CO)c1C(=O)O. The lowest BCUT2D eigenvalue weighted by molar-refractivity contribution is -0.278. The first-order valence-electron chi connectivity index (χ1n) is 13.2. The Morgan fingerprint density at radius 1 is 0.977 bits per heavy atom. The van der Waals surface area contributed by atoms with E-state index < -0.39 is 47.6 Å². The second-order valence-corrected chi connectivity index (χ2v) is 10.2. The maximum absolute atomic E-state index is 14.5. The van der Waals surface area contributed by atoms with Crippen LogP contribution in [0.3, 0.4) is 0 Å². The zero-order valence-corrected chi connectivity index (χ0v) is 24.2. The highest BCUT2D eigenvalue weighted by atomic mass is 19.4.